The highest BCUT2D eigenvalue weighted by Gasteiger charge is 2.26. The van der Waals surface area contributed by atoms with Gasteiger partial charge in [0.1, 0.15) is 5.56 Å². The van der Waals surface area contributed by atoms with E-state index in [1.165, 1.54) is 0 Å². The van der Waals surface area contributed by atoms with Crippen LogP contribution in [0.4, 0.5) is 0 Å². The Morgan fingerprint density at radius 1 is 1.00 bits per heavy atom. The van der Waals surface area contributed by atoms with Gasteiger partial charge in [-0.1, -0.05) is 60.7 Å². The summed E-state index contributed by atoms with van der Waals surface area (Å²) in [6.07, 6.45) is 0. The van der Waals surface area contributed by atoms with Crippen molar-refractivity contribution in [2.45, 2.75) is 19.5 Å². The van der Waals surface area contributed by atoms with Crippen molar-refractivity contribution in [3.8, 4) is 11.3 Å². The van der Waals surface area contributed by atoms with Crippen molar-refractivity contribution in [3.63, 3.8) is 0 Å². The molecule has 1 amide bonds. The summed E-state index contributed by atoms with van der Waals surface area (Å²) in [5.41, 5.74) is 2.43. The van der Waals surface area contributed by atoms with Crippen molar-refractivity contribution in [1.82, 2.24) is 14.8 Å². The highest BCUT2D eigenvalue weighted by atomic mass is 16.5. The lowest BCUT2D eigenvalue weighted by molar-refractivity contribution is 0.0228. The summed E-state index contributed by atoms with van der Waals surface area (Å²) in [6.45, 7) is 6.35. The minimum atomic E-state index is -0.368. The lowest BCUT2D eigenvalue weighted by atomic mass is 10.1. The second-order valence-electron chi connectivity index (χ2n) is 8.16. The number of nitrogens with one attached hydrogen (secondary N) is 1. The van der Waals surface area contributed by atoms with E-state index >= 15 is 0 Å². The third-order valence-electron chi connectivity index (χ3n) is 5.84. The van der Waals surface area contributed by atoms with E-state index in [1.807, 2.05) is 67.6 Å². The number of hydrogen-bond acceptors (Lipinski definition) is 4. The molecule has 0 radical (unpaired) electrons. The van der Waals surface area contributed by atoms with Crippen LogP contribution in [0.1, 0.15) is 22.8 Å². The zero-order valence-electron chi connectivity index (χ0n) is 18.4. The van der Waals surface area contributed by atoms with Gasteiger partial charge < -0.3 is 14.6 Å². The number of benzene rings is 2. The first kappa shape index (κ1) is 22.0. The monoisotopic (exact) mass is 431 g/mol. The number of pyridine rings is 1. The van der Waals surface area contributed by atoms with Gasteiger partial charge in [-0.3, -0.25) is 14.5 Å². The Kier molecular flexibility index (Phi) is 7.14. The molecule has 1 aliphatic heterocycles. The smallest absolute Gasteiger partial charge is 0.261 e. The van der Waals surface area contributed by atoms with Gasteiger partial charge in [0.25, 0.3) is 11.5 Å². The lowest BCUT2D eigenvalue weighted by Gasteiger charge is -2.35. The molecule has 3 aromatic rings. The van der Waals surface area contributed by atoms with Crippen LogP contribution in [-0.2, 0) is 11.3 Å². The van der Waals surface area contributed by atoms with Crippen molar-refractivity contribution in [2.24, 2.45) is 0 Å². The maximum atomic E-state index is 13.6. The number of nitrogens with zero attached hydrogens (tertiary/aromatic N) is 2. The Morgan fingerprint density at radius 3 is 2.31 bits per heavy atom. The largest absolute Gasteiger partial charge is 0.379 e. The predicted molar refractivity (Wildman–Crippen MR) is 126 cm³/mol. The molecule has 1 fully saturated rings. The predicted octanol–water partition coefficient (Wildman–Crippen LogP) is 3.41. The Balaban J connectivity index is 1.59. The molecule has 32 heavy (non-hydrogen) atoms. The Hall–Kier alpha value is -3.22. The van der Waals surface area contributed by atoms with Gasteiger partial charge in [0.05, 0.1) is 13.2 Å². The molecule has 1 aromatic heterocycles. The summed E-state index contributed by atoms with van der Waals surface area (Å²) in [7, 11) is 0. The van der Waals surface area contributed by atoms with Gasteiger partial charge >= 0.3 is 0 Å². The summed E-state index contributed by atoms with van der Waals surface area (Å²) < 4.78 is 5.45. The van der Waals surface area contributed by atoms with Crippen molar-refractivity contribution < 1.29 is 9.53 Å². The molecule has 1 aliphatic rings. The average Bonchev–Trinajstić information content (AvgIpc) is 2.84. The maximum Gasteiger partial charge on any atom is 0.261 e. The second kappa shape index (κ2) is 10.4. The van der Waals surface area contributed by atoms with Crippen molar-refractivity contribution in [2.75, 3.05) is 32.8 Å². The maximum absolute atomic E-state index is 13.6. The van der Waals surface area contributed by atoms with E-state index in [9.17, 15) is 9.59 Å². The summed E-state index contributed by atoms with van der Waals surface area (Å²) in [4.78, 5) is 33.5. The molecule has 1 N–H and O–H groups in total. The number of rotatable bonds is 7. The van der Waals surface area contributed by atoms with E-state index < -0.39 is 0 Å². The van der Waals surface area contributed by atoms with E-state index in [0.717, 1.165) is 30.8 Å². The van der Waals surface area contributed by atoms with Crippen LogP contribution in [-0.4, -0.2) is 59.6 Å². The average molecular weight is 432 g/mol. The molecule has 0 spiro atoms. The first-order valence-electron chi connectivity index (χ1n) is 11.1. The Morgan fingerprint density at radius 2 is 1.66 bits per heavy atom. The van der Waals surface area contributed by atoms with Gasteiger partial charge in [-0.2, -0.15) is 0 Å². The second-order valence-corrected chi connectivity index (χ2v) is 8.16. The van der Waals surface area contributed by atoms with Crippen LogP contribution in [0.2, 0.25) is 0 Å². The highest BCUT2D eigenvalue weighted by Crippen LogP contribution is 2.17. The number of hydrogen-bond donors (Lipinski definition) is 1. The molecule has 1 saturated heterocycles. The van der Waals surface area contributed by atoms with Gasteiger partial charge in [-0.15, -0.1) is 0 Å². The van der Waals surface area contributed by atoms with E-state index in [4.69, 9.17) is 4.74 Å². The van der Waals surface area contributed by atoms with Crippen LogP contribution in [0.3, 0.4) is 0 Å². The molecule has 4 rings (SSSR count). The van der Waals surface area contributed by atoms with E-state index in [1.54, 1.807) is 17.0 Å². The molecule has 6 nitrogen and oxygen atoms in total. The van der Waals surface area contributed by atoms with E-state index in [-0.39, 0.29) is 23.1 Å². The number of carbonyl (C=O) groups excluding carboxylic acids is 1. The number of ether oxygens (including phenoxy) is 1. The number of morpholine rings is 1. The van der Waals surface area contributed by atoms with Gasteiger partial charge in [-0.05, 0) is 30.2 Å². The fourth-order valence-corrected chi connectivity index (χ4v) is 4.05. The summed E-state index contributed by atoms with van der Waals surface area (Å²) in [6, 6.07) is 22.9. The number of aromatic nitrogens is 1. The third kappa shape index (κ3) is 5.33. The molecular weight excluding hydrogens is 402 g/mol. The summed E-state index contributed by atoms with van der Waals surface area (Å²) in [5.74, 6) is -0.254. The van der Waals surface area contributed by atoms with Crippen molar-refractivity contribution in [1.29, 1.82) is 0 Å². The molecule has 1 atom stereocenters. The first-order valence-corrected chi connectivity index (χ1v) is 11.1. The Labute approximate surface area is 188 Å². The van der Waals surface area contributed by atoms with Gasteiger partial charge in [0.15, 0.2) is 0 Å². The van der Waals surface area contributed by atoms with E-state index in [0.29, 0.717) is 25.5 Å². The number of carbonyl (C=O) groups is 1. The summed E-state index contributed by atoms with van der Waals surface area (Å²) in [5, 5.41) is 0. The third-order valence-corrected chi connectivity index (χ3v) is 5.84. The zero-order chi connectivity index (χ0) is 22.3. The van der Waals surface area contributed by atoms with Gasteiger partial charge in [-0.25, -0.2) is 0 Å². The van der Waals surface area contributed by atoms with Crippen LogP contribution in [0, 0.1) is 0 Å². The number of amides is 1. The van der Waals surface area contributed by atoms with Crippen LogP contribution in [0.25, 0.3) is 11.3 Å². The fourth-order valence-electron chi connectivity index (χ4n) is 4.05. The number of H-pyrrole nitrogens is 1. The van der Waals surface area contributed by atoms with Gasteiger partial charge in [0.2, 0.25) is 0 Å². The van der Waals surface area contributed by atoms with Crippen LogP contribution in [0.15, 0.2) is 77.6 Å². The first-order chi connectivity index (χ1) is 15.6. The van der Waals surface area contributed by atoms with Crippen LogP contribution < -0.4 is 5.56 Å². The van der Waals surface area contributed by atoms with Crippen molar-refractivity contribution >= 4 is 5.91 Å². The fraction of sp³-hybridized carbons (Fsp3) is 0.308. The van der Waals surface area contributed by atoms with Crippen LogP contribution in [0.5, 0.6) is 0 Å². The summed E-state index contributed by atoms with van der Waals surface area (Å²) >= 11 is 0. The molecule has 2 aromatic carbocycles. The molecule has 2 heterocycles. The minimum absolute atomic E-state index is 0.0611. The molecular formula is C26H29N3O3. The number of aromatic amines is 1. The highest BCUT2D eigenvalue weighted by molar-refractivity contribution is 5.94. The van der Waals surface area contributed by atoms with E-state index in [2.05, 4.69) is 9.88 Å². The molecule has 0 saturated carbocycles. The topological polar surface area (TPSA) is 65.6 Å². The standard InChI is InChI=1S/C26H29N3O3/c1-20(18-28-14-16-32-17-15-28)29(19-21-8-4-2-5-9-21)26(31)23-12-13-24(27-25(23)30)22-10-6-3-7-11-22/h2-13,20H,14-19H2,1H3,(H,27,30). The zero-order valence-corrected chi connectivity index (χ0v) is 18.4. The molecule has 1 unspecified atom stereocenters. The lowest BCUT2D eigenvalue weighted by Crippen LogP contribution is -2.48. The molecule has 6 heteroatoms. The molecule has 0 bridgehead atoms. The minimum Gasteiger partial charge on any atom is -0.379 e. The Bertz CT molecular complexity index is 1080. The van der Waals surface area contributed by atoms with Crippen LogP contribution >= 0.6 is 0 Å². The molecule has 0 aliphatic carbocycles. The molecule has 166 valence electrons. The van der Waals surface area contributed by atoms with Gasteiger partial charge in [0, 0.05) is 37.9 Å². The normalized spacial score (nSPS) is 15.3. The quantitative estimate of drug-likeness (QED) is 0.623. The van der Waals surface area contributed by atoms with Crippen molar-refractivity contribution in [3.05, 3.63) is 94.3 Å². The SMILES string of the molecule is CC(CN1CCOCC1)N(Cc1ccccc1)C(=O)c1ccc(-c2ccccc2)[nH]c1=O.